The van der Waals surface area contributed by atoms with Gasteiger partial charge in [0.25, 0.3) is 0 Å². The first-order chi connectivity index (χ1) is 31.1. The summed E-state index contributed by atoms with van der Waals surface area (Å²) in [6.45, 7) is 0. The summed E-state index contributed by atoms with van der Waals surface area (Å²) in [4.78, 5) is 4.76. The zero-order chi connectivity index (χ0) is 41.6. The Morgan fingerprint density at radius 1 is 0.508 bits per heavy atom. The lowest BCUT2D eigenvalue weighted by Crippen LogP contribution is -2.36. The highest BCUT2D eigenvalue weighted by molar-refractivity contribution is 6.09. The van der Waals surface area contributed by atoms with Crippen LogP contribution in [-0.2, 0) is 12.5 Å². The third-order valence-electron chi connectivity index (χ3n) is 13.2. The quantitative estimate of drug-likeness (QED) is 0.128. The molecule has 3 aromatic heterocycles. The lowest BCUT2D eigenvalue weighted by atomic mass is 9.61. The van der Waals surface area contributed by atoms with Crippen molar-refractivity contribution in [3.8, 4) is 45.3 Å². The number of hydrogen-bond donors (Lipinski definition) is 0. The van der Waals surface area contributed by atoms with Crippen molar-refractivity contribution in [2.45, 2.75) is 5.41 Å². The van der Waals surface area contributed by atoms with Gasteiger partial charge in [-0.25, -0.2) is 4.98 Å². The minimum atomic E-state index is -0.727. The molecule has 13 rings (SSSR count). The van der Waals surface area contributed by atoms with Gasteiger partial charge in [0.2, 0.25) is 6.33 Å². The van der Waals surface area contributed by atoms with Crippen molar-refractivity contribution >= 4 is 45.0 Å². The number of rotatable bonds is 5. The van der Waals surface area contributed by atoms with Gasteiger partial charge in [0.05, 0.1) is 40.2 Å². The molecule has 0 atom stereocenters. The number of imidazole rings is 1. The van der Waals surface area contributed by atoms with Gasteiger partial charge in [0.15, 0.2) is 0 Å². The van der Waals surface area contributed by atoms with Gasteiger partial charge in [-0.05, 0) is 110 Å². The number of ether oxygens (including phenoxy) is 1. The van der Waals surface area contributed by atoms with Gasteiger partial charge in [-0.15, -0.1) is 0 Å². The largest absolute Gasteiger partial charge is 0.458 e. The van der Waals surface area contributed by atoms with Crippen molar-refractivity contribution in [2.75, 3.05) is 0 Å². The number of aryl methyl sites for hydroxylation is 1. The average molecular weight is 807 g/mol. The third-order valence-corrected chi connectivity index (χ3v) is 13.2. The van der Waals surface area contributed by atoms with Crippen molar-refractivity contribution in [3.05, 3.63) is 240 Å². The second-order valence-electron chi connectivity index (χ2n) is 16.6. The molecule has 0 saturated heterocycles. The molecular formula is C58H38N4O. The van der Waals surface area contributed by atoms with Crippen LogP contribution in [-0.4, -0.2) is 14.1 Å². The monoisotopic (exact) mass is 806 g/mol. The number of pyridine rings is 1. The number of para-hydroxylation sites is 2. The highest BCUT2D eigenvalue weighted by atomic mass is 16.5. The second-order valence-corrected chi connectivity index (χ2v) is 16.6. The lowest BCUT2D eigenvalue weighted by Gasteiger charge is -2.43. The molecule has 296 valence electrons. The van der Waals surface area contributed by atoms with Crippen LogP contribution in [0.15, 0.2) is 200 Å². The van der Waals surface area contributed by atoms with Crippen molar-refractivity contribution in [1.82, 2.24) is 14.1 Å². The second kappa shape index (κ2) is 13.6. The summed E-state index contributed by atoms with van der Waals surface area (Å²) in [7, 11) is 2.09. The van der Waals surface area contributed by atoms with E-state index in [1.54, 1.807) is 0 Å². The van der Waals surface area contributed by atoms with Crippen molar-refractivity contribution in [1.29, 1.82) is 0 Å². The van der Waals surface area contributed by atoms with Gasteiger partial charge in [-0.1, -0.05) is 146 Å². The van der Waals surface area contributed by atoms with Crippen LogP contribution in [0.5, 0.6) is 11.5 Å². The van der Waals surface area contributed by atoms with Crippen LogP contribution < -0.4 is 9.30 Å². The molecule has 2 aliphatic rings. The summed E-state index contributed by atoms with van der Waals surface area (Å²) in [5.74, 6) is 2.35. The molecule has 63 heavy (non-hydrogen) atoms. The van der Waals surface area contributed by atoms with E-state index in [0.29, 0.717) is 0 Å². The fourth-order valence-electron chi connectivity index (χ4n) is 10.5. The van der Waals surface area contributed by atoms with E-state index in [2.05, 4.69) is 221 Å². The molecule has 5 heteroatoms. The lowest BCUT2D eigenvalue weighted by molar-refractivity contribution is -0.649. The van der Waals surface area contributed by atoms with Crippen LogP contribution in [0, 0.1) is 6.33 Å². The van der Waals surface area contributed by atoms with Crippen molar-refractivity contribution < 1.29 is 9.30 Å². The summed E-state index contributed by atoms with van der Waals surface area (Å²) < 4.78 is 13.5. The summed E-state index contributed by atoms with van der Waals surface area (Å²) in [6.07, 6.45) is 10.2. The van der Waals surface area contributed by atoms with Crippen LogP contribution in [0.25, 0.3) is 78.8 Å². The Hall–Kier alpha value is -8.28. The SMILES string of the molecule is C[n+]1[c-]n2c3c(cccc31)C1(c3cc(-c4ccccc4)ccc3C=Cc3ccc(-c4ccccc4)cc31)c1ccc(Oc3ccc4c5ccccc5n(-c5ccccn5)c4c3)cc1-2. The fraction of sp³-hybridized carbons (Fsp3) is 0.0345. The van der Waals surface area contributed by atoms with Crippen LogP contribution in [0.2, 0.25) is 0 Å². The maximum Gasteiger partial charge on any atom is 0.244 e. The maximum absolute atomic E-state index is 6.94. The number of hydrogen-bond acceptors (Lipinski definition) is 2. The Labute approximate surface area is 364 Å². The molecule has 0 radical (unpaired) electrons. The average Bonchev–Trinajstić information content (AvgIpc) is 3.82. The first kappa shape index (κ1) is 35.5. The van der Waals surface area contributed by atoms with Crippen LogP contribution in [0.3, 0.4) is 0 Å². The van der Waals surface area contributed by atoms with E-state index in [4.69, 9.17) is 9.72 Å². The van der Waals surface area contributed by atoms with Crippen molar-refractivity contribution in [3.63, 3.8) is 0 Å². The van der Waals surface area contributed by atoms with Crippen molar-refractivity contribution in [2.24, 2.45) is 7.05 Å². The number of aromatic nitrogens is 4. The minimum Gasteiger partial charge on any atom is -0.458 e. The molecule has 1 spiro atoms. The van der Waals surface area contributed by atoms with E-state index in [-0.39, 0.29) is 0 Å². The zero-order valence-electron chi connectivity index (χ0n) is 34.4. The van der Waals surface area contributed by atoms with E-state index < -0.39 is 5.41 Å². The predicted molar refractivity (Wildman–Crippen MR) is 254 cm³/mol. The molecule has 1 aliphatic carbocycles. The molecule has 0 N–H and O–H groups in total. The zero-order valence-corrected chi connectivity index (χ0v) is 34.4. The summed E-state index contributed by atoms with van der Waals surface area (Å²) in [6, 6.07) is 69.8. The Morgan fingerprint density at radius 3 is 1.87 bits per heavy atom. The Balaban J connectivity index is 1.07. The van der Waals surface area contributed by atoms with E-state index in [9.17, 15) is 0 Å². The Morgan fingerprint density at radius 2 is 1.16 bits per heavy atom. The van der Waals surface area contributed by atoms with Gasteiger partial charge < -0.3 is 13.9 Å². The standard InChI is InChI=1S/C58H38N4O/c1-60-37-61-55-36-45(63-44-28-30-47-46-17-8-9-19-52(46)62(54(47)35-44)56-21-10-11-32-59-56)29-31-48(55)58(49-18-12-20-53(60)57(49)61)50-33-42(38-13-4-2-5-14-38)26-24-40(50)22-23-41-25-27-43(34-51(41)58)39-15-6-3-7-16-39/h2-36H,1H3. The maximum atomic E-state index is 6.94. The molecule has 11 aromatic rings. The summed E-state index contributed by atoms with van der Waals surface area (Å²) >= 11 is 0. The summed E-state index contributed by atoms with van der Waals surface area (Å²) in [5.41, 5.74) is 16.6. The normalized spacial score (nSPS) is 13.2. The topological polar surface area (TPSA) is 35.9 Å². The molecule has 0 bridgehead atoms. The molecule has 0 saturated carbocycles. The number of benzene rings is 8. The van der Waals surface area contributed by atoms with Gasteiger partial charge >= 0.3 is 0 Å². The highest BCUT2D eigenvalue weighted by Gasteiger charge is 2.47. The Kier molecular flexibility index (Phi) is 7.67. The van der Waals surface area contributed by atoms with Gasteiger partial charge in [-0.3, -0.25) is 4.57 Å². The van der Waals surface area contributed by atoms with Gasteiger partial charge in [-0.2, -0.15) is 0 Å². The third kappa shape index (κ3) is 5.23. The molecule has 0 fully saturated rings. The smallest absolute Gasteiger partial charge is 0.244 e. The van der Waals surface area contributed by atoms with E-state index in [0.717, 1.165) is 56.0 Å². The van der Waals surface area contributed by atoms with Crippen LogP contribution >= 0.6 is 0 Å². The van der Waals surface area contributed by atoms with Gasteiger partial charge in [0.1, 0.15) is 17.3 Å². The van der Waals surface area contributed by atoms with E-state index in [1.165, 1.54) is 55.5 Å². The van der Waals surface area contributed by atoms with Crippen LogP contribution in [0.1, 0.15) is 33.4 Å². The molecule has 5 nitrogen and oxygen atoms in total. The van der Waals surface area contributed by atoms with E-state index in [1.807, 2.05) is 18.3 Å². The van der Waals surface area contributed by atoms with Gasteiger partial charge in [0, 0.05) is 23.0 Å². The molecule has 4 heterocycles. The molecule has 0 unspecified atom stereocenters. The fourth-order valence-corrected chi connectivity index (χ4v) is 10.5. The molecule has 0 amide bonds. The minimum absolute atomic E-state index is 0.727. The number of fused-ring (bicyclic) bond motifs is 11. The first-order valence-electron chi connectivity index (χ1n) is 21.4. The summed E-state index contributed by atoms with van der Waals surface area (Å²) in [5, 5.41) is 2.32. The Bertz CT molecular complexity index is 3560. The van der Waals surface area contributed by atoms with E-state index >= 15 is 0 Å². The molecule has 1 aliphatic heterocycles. The predicted octanol–water partition coefficient (Wildman–Crippen LogP) is 13.1. The highest BCUT2D eigenvalue weighted by Crippen LogP contribution is 2.56. The van der Waals surface area contributed by atoms with Crippen LogP contribution in [0.4, 0.5) is 0 Å². The molecular weight excluding hydrogens is 769 g/mol. The number of nitrogens with zero attached hydrogens (tertiary/aromatic N) is 4. The molecule has 8 aromatic carbocycles. The first-order valence-corrected chi connectivity index (χ1v) is 21.4.